The molecule has 2 aromatic carbocycles. The van der Waals surface area contributed by atoms with E-state index in [9.17, 15) is 23.2 Å². The van der Waals surface area contributed by atoms with Crippen LogP contribution in [0.2, 0.25) is 0 Å². The molecule has 2 heterocycles. The zero-order valence-electron chi connectivity index (χ0n) is 17.8. The first-order chi connectivity index (χ1) is 16.2. The largest absolute Gasteiger partial charge is 0.490 e. The van der Waals surface area contributed by atoms with Gasteiger partial charge in [0.05, 0.1) is 11.8 Å². The van der Waals surface area contributed by atoms with Crippen molar-refractivity contribution in [3.63, 3.8) is 0 Å². The van der Waals surface area contributed by atoms with Crippen molar-refractivity contribution in [3.05, 3.63) is 78.1 Å². The first-order valence-electron chi connectivity index (χ1n) is 10.3. The minimum atomic E-state index is -4.36. The monoisotopic (exact) mass is 496 g/mol. The van der Waals surface area contributed by atoms with Crippen LogP contribution in [0.3, 0.4) is 0 Å². The highest BCUT2D eigenvalue weighted by atomic mass is 31.2. The Hall–Kier alpha value is -2.75. The van der Waals surface area contributed by atoms with Crippen LogP contribution >= 0.6 is 7.94 Å². The summed E-state index contributed by atoms with van der Waals surface area (Å²) in [5.41, 5.74) is 0.970. The summed E-state index contributed by atoms with van der Waals surface area (Å²) in [6.45, 7) is 0.922. The number of ether oxygens (including phenoxy) is 2. The number of hydrogen-bond donors (Lipinski definition) is 2. The summed E-state index contributed by atoms with van der Waals surface area (Å²) in [6, 6.07) is 15.1. The van der Waals surface area contributed by atoms with Gasteiger partial charge in [0.25, 0.3) is 5.85 Å². The van der Waals surface area contributed by atoms with Gasteiger partial charge in [-0.2, -0.15) is 27.1 Å². The van der Waals surface area contributed by atoms with Crippen molar-refractivity contribution in [2.45, 2.75) is 12.0 Å². The predicted molar refractivity (Wildman–Crippen MR) is 118 cm³/mol. The SMILES string of the molecule is OC(c1ccc(OCCOc2ccc(-c3ccc(C(F)(F)F)cc3)cc2)cn1)[P+]1(O)OCCO1. The molecular formula is C23H22F3NO6P+. The van der Waals surface area contributed by atoms with Gasteiger partial charge < -0.3 is 14.6 Å². The van der Waals surface area contributed by atoms with Crippen molar-refractivity contribution in [1.29, 1.82) is 0 Å². The van der Waals surface area contributed by atoms with Gasteiger partial charge in [-0.15, -0.1) is 0 Å². The van der Waals surface area contributed by atoms with Crippen molar-refractivity contribution >= 4 is 7.94 Å². The Bertz CT molecular complexity index is 1070. The van der Waals surface area contributed by atoms with Crippen molar-refractivity contribution in [3.8, 4) is 22.6 Å². The number of pyridine rings is 1. The van der Waals surface area contributed by atoms with E-state index in [0.717, 1.165) is 17.7 Å². The molecule has 0 radical (unpaired) electrons. The van der Waals surface area contributed by atoms with Crippen LogP contribution < -0.4 is 9.47 Å². The molecular weight excluding hydrogens is 474 g/mol. The molecule has 1 unspecified atom stereocenters. The fourth-order valence-electron chi connectivity index (χ4n) is 3.23. The Labute approximate surface area is 194 Å². The van der Waals surface area contributed by atoms with E-state index in [2.05, 4.69) is 4.98 Å². The molecule has 1 aromatic heterocycles. The summed E-state index contributed by atoms with van der Waals surface area (Å²) in [7, 11) is -3.35. The Kier molecular flexibility index (Phi) is 7.35. The van der Waals surface area contributed by atoms with Crippen LogP contribution in [0.1, 0.15) is 17.1 Å². The van der Waals surface area contributed by atoms with Crippen LogP contribution in [0.4, 0.5) is 13.2 Å². The minimum absolute atomic E-state index is 0.217. The zero-order valence-corrected chi connectivity index (χ0v) is 18.7. The van der Waals surface area contributed by atoms with E-state index in [1.54, 1.807) is 30.3 Å². The van der Waals surface area contributed by atoms with Crippen LogP contribution in [-0.2, 0) is 15.2 Å². The van der Waals surface area contributed by atoms with Gasteiger partial charge in [-0.3, -0.25) is 4.98 Å². The quantitative estimate of drug-likeness (QED) is 0.335. The third-order valence-electron chi connectivity index (χ3n) is 4.99. The van der Waals surface area contributed by atoms with Crippen molar-refractivity contribution in [2.75, 3.05) is 26.4 Å². The first kappa shape index (κ1) is 24.4. The molecule has 0 aliphatic carbocycles. The average molecular weight is 496 g/mol. The third kappa shape index (κ3) is 5.84. The topological polar surface area (TPSA) is 90.3 Å². The van der Waals surface area contributed by atoms with E-state index in [0.29, 0.717) is 17.1 Å². The fourth-order valence-corrected chi connectivity index (χ4v) is 4.74. The van der Waals surface area contributed by atoms with E-state index in [-0.39, 0.29) is 32.1 Å². The number of rotatable bonds is 8. The molecule has 0 saturated carbocycles. The van der Waals surface area contributed by atoms with Gasteiger partial charge in [-0.05, 0) is 47.5 Å². The lowest BCUT2D eigenvalue weighted by Crippen LogP contribution is -2.10. The fraction of sp³-hybridized carbons (Fsp3) is 0.261. The maximum absolute atomic E-state index is 12.7. The van der Waals surface area contributed by atoms with Crippen molar-refractivity contribution in [2.24, 2.45) is 0 Å². The summed E-state index contributed by atoms with van der Waals surface area (Å²) in [5, 5.41) is 10.2. The Morgan fingerprint density at radius 2 is 1.38 bits per heavy atom. The number of aliphatic hydroxyl groups excluding tert-OH is 1. The van der Waals surface area contributed by atoms with E-state index in [1.165, 1.54) is 24.4 Å². The van der Waals surface area contributed by atoms with E-state index >= 15 is 0 Å². The minimum Gasteiger partial charge on any atom is -0.490 e. The number of aliphatic hydroxyl groups is 1. The Morgan fingerprint density at radius 1 is 0.853 bits per heavy atom. The maximum atomic E-state index is 12.7. The first-order valence-corrected chi connectivity index (χ1v) is 12.0. The highest BCUT2D eigenvalue weighted by molar-refractivity contribution is 7.60. The normalized spacial score (nSPS) is 16.3. The zero-order chi connectivity index (χ0) is 24.2. The maximum Gasteiger partial charge on any atom is 0.446 e. The molecule has 180 valence electrons. The highest BCUT2D eigenvalue weighted by Gasteiger charge is 2.55. The van der Waals surface area contributed by atoms with Gasteiger partial charge in [0.15, 0.2) is 0 Å². The van der Waals surface area contributed by atoms with Crippen LogP contribution in [0, 0.1) is 0 Å². The Balaban J connectivity index is 1.24. The third-order valence-corrected chi connectivity index (χ3v) is 6.98. The molecule has 1 aliphatic heterocycles. The lowest BCUT2D eigenvalue weighted by molar-refractivity contribution is -0.137. The van der Waals surface area contributed by atoms with Gasteiger partial charge in [0.1, 0.15) is 43.6 Å². The molecule has 34 heavy (non-hydrogen) atoms. The van der Waals surface area contributed by atoms with Crippen LogP contribution in [0.5, 0.6) is 11.5 Å². The number of aromatic nitrogens is 1. The van der Waals surface area contributed by atoms with Crippen LogP contribution in [0.15, 0.2) is 66.9 Å². The van der Waals surface area contributed by atoms with E-state index in [4.69, 9.17) is 18.5 Å². The lowest BCUT2D eigenvalue weighted by atomic mass is 10.0. The second-order valence-electron chi connectivity index (χ2n) is 7.32. The summed E-state index contributed by atoms with van der Waals surface area (Å²) in [5.74, 6) is -0.307. The summed E-state index contributed by atoms with van der Waals surface area (Å²) >= 11 is 0. The standard InChI is InChI=1S/C23H22F3NO6P/c24-23(25,26)18-5-1-16(2-6-18)17-3-7-19(8-4-17)30-11-12-31-20-9-10-21(27-15-20)22(28)34(29)32-13-14-33-34/h1-10,15,22,28-29H,11-14H2/q+1. The molecule has 7 nitrogen and oxygen atoms in total. The van der Waals surface area contributed by atoms with Gasteiger partial charge >= 0.3 is 14.1 Å². The van der Waals surface area contributed by atoms with Gasteiger partial charge in [0.2, 0.25) is 0 Å². The smallest absolute Gasteiger partial charge is 0.446 e. The van der Waals surface area contributed by atoms with Crippen LogP contribution in [0.25, 0.3) is 11.1 Å². The van der Waals surface area contributed by atoms with Gasteiger partial charge in [-0.1, -0.05) is 24.3 Å². The second-order valence-corrected chi connectivity index (χ2v) is 9.45. The molecule has 1 aliphatic rings. The number of halogens is 3. The molecule has 11 heteroatoms. The molecule has 0 amide bonds. The number of benzene rings is 2. The molecule has 2 N–H and O–H groups in total. The molecule has 0 bridgehead atoms. The van der Waals surface area contributed by atoms with Crippen molar-refractivity contribution in [1.82, 2.24) is 4.98 Å². The van der Waals surface area contributed by atoms with Gasteiger partial charge in [-0.25, -0.2) is 0 Å². The molecule has 0 spiro atoms. The highest BCUT2D eigenvalue weighted by Crippen LogP contribution is 2.69. The van der Waals surface area contributed by atoms with Crippen molar-refractivity contribution < 1.29 is 41.7 Å². The van der Waals surface area contributed by atoms with Crippen LogP contribution in [-0.4, -0.2) is 41.4 Å². The number of nitrogens with zero attached hydrogens (tertiary/aromatic N) is 1. The van der Waals surface area contributed by atoms with E-state index in [1.807, 2.05) is 0 Å². The van der Waals surface area contributed by atoms with E-state index < -0.39 is 25.5 Å². The average Bonchev–Trinajstić information content (AvgIpc) is 3.29. The molecule has 1 fully saturated rings. The summed E-state index contributed by atoms with van der Waals surface area (Å²) < 4.78 is 59.5. The molecule has 1 atom stereocenters. The predicted octanol–water partition coefficient (Wildman–Crippen LogP) is 5.02. The Morgan fingerprint density at radius 3 is 1.91 bits per heavy atom. The number of alkyl halides is 3. The molecule has 1 saturated heterocycles. The van der Waals surface area contributed by atoms with Gasteiger partial charge in [0, 0.05) is 0 Å². The number of hydrogen-bond acceptors (Lipinski definition) is 7. The lowest BCUT2D eigenvalue weighted by Gasteiger charge is -2.15. The second kappa shape index (κ2) is 10.2. The molecule has 3 aromatic rings. The summed E-state index contributed by atoms with van der Waals surface area (Å²) in [6.07, 6.45) is -2.94. The summed E-state index contributed by atoms with van der Waals surface area (Å²) in [4.78, 5) is 14.3. The molecule has 4 rings (SSSR count).